The van der Waals surface area contributed by atoms with Crippen molar-refractivity contribution in [2.75, 3.05) is 11.9 Å². The fourth-order valence-electron chi connectivity index (χ4n) is 2.90. The van der Waals surface area contributed by atoms with E-state index in [0.717, 1.165) is 22.2 Å². The van der Waals surface area contributed by atoms with Crippen molar-refractivity contribution < 1.29 is 8.83 Å². The van der Waals surface area contributed by atoms with E-state index in [1.807, 2.05) is 6.92 Å². The normalized spacial score (nSPS) is 18.6. The average Bonchev–Trinajstić information content (AvgIpc) is 3.05. The van der Waals surface area contributed by atoms with Crippen LogP contribution in [0.1, 0.15) is 18.4 Å². The Morgan fingerprint density at radius 1 is 1.14 bits per heavy atom. The summed E-state index contributed by atoms with van der Waals surface area (Å²) in [6.45, 7) is 6.08. The summed E-state index contributed by atoms with van der Waals surface area (Å²) in [6, 6.07) is 4.16. The minimum absolute atomic E-state index is 0.250. The molecule has 3 aromatic rings. The molecule has 0 spiro atoms. The van der Waals surface area contributed by atoms with Crippen molar-refractivity contribution >= 4 is 28.0 Å². The topological polar surface area (TPSA) is 45.7 Å². The molecule has 1 aliphatic rings. The van der Waals surface area contributed by atoms with Crippen molar-refractivity contribution in [2.24, 2.45) is 0 Å². The van der Waals surface area contributed by atoms with Crippen LogP contribution in [0.15, 0.2) is 33.4 Å². The third kappa shape index (κ3) is 1.60. The highest BCUT2D eigenvalue weighted by atomic mass is 16.5. The van der Waals surface area contributed by atoms with Gasteiger partial charge >= 0.3 is 5.78 Å². The van der Waals surface area contributed by atoms with Gasteiger partial charge in [0.2, 0.25) is 0 Å². The highest BCUT2D eigenvalue weighted by Gasteiger charge is 2.26. The van der Waals surface area contributed by atoms with Gasteiger partial charge in [-0.05, 0) is 25.5 Å². The second kappa shape index (κ2) is 4.04. The smallest absolute Gasteiger partial charge is 0.319 e. The lowest BCUT2D eigenvalue weighted by molar-refractivity contribution is 0.382. The van der Waals surface area contributed by atoms with Crippen LogP contribution in [-0.2, 0) is 0 Å². The van der Waals surface area contributed by atoms with Gasteiger partial charge in [-0.25, -0.2) is 4.98 Å². The van der Waals surface area contributed by atoms with Crippen molar-refractivity contribution in [2.45, 2.75) is 26.9 Å². The zero-order valence-electron chi connectivity index (χ0n) is 12.5. The largest absolute Gasteiger partial charge is 0.421 e. The number of rotatable bonds is 1. The Balaban J connectivity index is 2.01. The maximum absolute atomic E-state index is 5.96. The molecule has 0 saturated heterocycles. The van der Waals surface area contributed by atoms with Crippen LogP contribution in [0.4, 0.5) is 5.69 Å². The summed E-state index contributed by atoms with van der Waals surface area (Å²) in [4.78, 5) is 8.80. The van der Waals surface area contributed by atoms with Gasteiger partial charge in [0.15, 0.2) is 17.0 Å². The summed E-state index contributed by atoms with van der Waals surface area (Å²) < 4.78 is 11.5. The minimum atomic E-state index is 0.250. The molecule has 1 atom stereocenters. The van der Waals surface area contributed by atoms with Gasteiger partial charge in [-0.1, -0.05) is 6.07 Å². The first-order chi connectivity index (χ1) is 10.1. The maximum Gasteiger partial charge on any atom is 0.319 e. The molecule has 21 heavy (non-hydrogen) atoms. The first-order valence-electron chi connectivity index (χ1n) is 7.04. The third-order valence-electron chi connectivity index (χ3n) is 4.20. The van der Waals surface area contributed by atoms with Crippen LogP contribution in [0.3, 0.4) is 0 Å². The van der Waals surface area contributed by atoms with Gasteiger partial charge in [0.1, 0.15) is 6.17 Å². The highest BCUT2D eigenvalue weighted by Crippen LogP contribution is 2.39. The Labute approximate surface area is 122 Å². The number of aryl methyl sites for hydroxylation is 2. The van der Waals surface area contributed by atoms with Crippen molar-refractivity contribution in [1.29, 1.82) is 0 Å². The van der Waals surface area contributed by atoms with E-state index in [1.165, 1.54) is 5.56 Å². The van der Waals surface area contributed by atoms with Crippen LogP contribution < -0.4 is 4.90 Å². The second-order valence-electron chi connectivity index (χ2n) is 5.58. The van der Waals surface area contributed by atoms with E-state index in [0.29, 0.717) is 11.7 Å². The summed E-state index contributed by atoms with van der Waals surface area (Å²) in [6.07, 6.45) is 4.40. The van der Waals surface area contributed by atoms with Gasteiger partial charge in [-0.2, -0.15) is 0 Å². The summed E-state index contributed by atoms with van der Waals surface area (Å²) in [5.74, 6) is 1.13. The lowest BCUT2D eigenvalue weighted by Gasteiger charge is -2.28. The summed E-state index contributed by atoms with van der Waals surface area (Å²) >= 11 is 0. The lowest BCUT2D eigenvalue weighted by atomic mass is 10.1. The molecule has 4 rings (SSSR count). The Morgan fingerprint density at radius 3 is 2.67 bits per heavy atom. The van der Waals surface area contributed by atoms with Gasteiger partial charge in [0.05, 0.1) is 11.1 Å². The predicted molar refractivity (Wildman–Crippen MR) is 82.1 cm³/mol. The van der Waals surface area contributed by atoms with Crippen LogP contribution in [0.2, 0.25) is 0 Å². The number of oxazole rings is 1. The number of furan rings is 1. The molecule has 0 saturated carbocycles. The number of anilines is 1. The molecule has 0 bridgehead atoms. The van der Waals surface area contributed by atoms with Crippen molar-refractivity contribution in [3.63, 3.8) is 0 Å². The summed E-state index contributed by atoms with van der Waals surface area (Å²) in [5, 5.41) is 0.998. The molecule has 1 aromatic carbocycles. The minimum Gasteiger partial charge on any atom is -0.421 e. The molecule has 108 valence electrons. The predicted octanol–water partition coefficient (Wildman–Crippen LogP) is 3.76. The van der Waals surface area contributed by atoms with Crippen molar-refractivity contribution in [1.82, 2.24) is 9.88 Å². The first kappa shape index (κ1) is 12.3. The number of hydrogen-bond acceptors (Lipinski definition) is 5. The maximum atomic E-state index is 5.96. The van der Waals surface area contributed by atoms with E-state index in [9.17, 15) is 0 Å². The van der Waals surface area contributed by atoms with E-state index in [4.69, 9.17) is 8.83 Å². The van der Waals surface area contributed by atoms with Gasteiger partial charge < -0.3 is 18.6 Å². The molecule has 5 nitrogen and oxygen atoms in total. The molecule has 1 aliphatic heterocycles. The fraction of sp³-hybridized carbons (Fsp3) is 0.312. The fourth-order valence-corrected chi connectivity index (χ4v) is 2.90. The van der Waals surface area contributed by atoms with Gasteiger partial charge in [-0.15, -0.1) is 0 Å². The quantitative estimate of drug-likeness (QED) is 0.680. The SMILES string of the molecule is Cc1nc2c(o1)oc1c(N3C=CN(C)[C@@H]3C)c(C)ccc12. The molecule has 0 radical (unpaired) electrons. The first-order valence-corrected chi connectivity index (χ1v) is 7.04. The number of aromatic nitrogens is 1. The van der Waals surface area contributed by atoms with Crippen LogP contribution >= 0.6 is 0 Å². The number of nitrogens with zero attached hydrogens (tertiary/aromatic N) is 3. The van der Waals surface area contributed by atoms with E-state index < -0.39 is 0 Å². The number of benzene rings is 1. The molecule has 3 heterocycles. The second-order valence-corrected chi connectivity index (χ2v) is 5.58. The summed E-state index contributed by atoms with van der Waals surface area (Å²) in [7, 11) is 2.07. The van der Waals surface area contributed by atoms with Crippen LogP contribution in [0.5, 0.6) is 0 Å². The molecule has 5 heteroatoms. The summed E-state index contributed by atoms with van der Waals surface area (Å²) in [5.41, 5.74) is 3.88. The van der Waals surface area contributed by atoms with Gasteiger partial charge in [0, 0.05) is 26.4 Å². The monoisotopic (exact) mass is 283 g/mol. The molecule has 2 aromatic heterocycles. The molecule has 0 amide bonds. The molecule has 0 aliphatic carbocycles. The molecule has 0 unspecified atom stereocenters. The van der Waals surface area contributed by atoms with Crippen molar-refractivity contribution in [3.8, 4) is 0 Å². The Bertz CT molecular complexity index is 875. The number of hydrogen-bond donors (Lipinski definition) is 0. The molecule has 0 fully saturated rings. The van der Waals surface area contributed by atoms with E-state index >= 15 is 0 Å². The van der Waals surface area contributed by atoms with Crippen LogP contribution in [-0.4, -0.2) is 23.1 Å². The Morgan fingerprint density at radius 2 is 1.95 bits per heavy atom. The lowest BCUT2D eigenvalue weighted by Crippen LogP contribution is -2.33. The highest BCUT2D eigenvalue weighted by molar-refractivity contribution is 6.06. The molecular weight excluding hydrogens is 266 g/mol. The van der Waals surface area contributed by atoms with E-state index in [-0.39, 0.29) is 6.17 Å². The standard InChI is InChI=1S/C16H17N3O2/c1-9-5-6-12-13-16(20-10(2)17-13)21-15(12)14(9)19-8-7-18(4)11(19)3/h5-8,11H,1-4H3/t11-/m0/s1. The van der Waals surface area contributed by atoms with Crippen LogP contribution in [0.25, 0.3) is 22.3 Å². The Hall–Kier alpha value is -2.43. The Kier molecular flexibility index (Phi) is 2.37. The van der Waals surface area contributed by atoms with Crippen molar-refractivity contribution in [3.05, 3.63) is 36.0 Å². The third-order valence-corrected chi connectivity index (χ3v) is 4.20. The molecule has 0 N–H and O–H groups in total. The zero-order chi connectivity index (χ0) is 14.7. The average molecular weight is 283 g/mol. The zero-order valence-corrected chi connectivity index (χ0v) is 12.5. The van der Waals surface area contributed by atoms with Gasteiger partial charge in [-0.3, -0.25) is 0 Å². The van der Waals surface area contributed by atoms with E-state index in [2.05, 4.69) is 60.2 Å². The van der Waals surface area contributed by atoms with E-state index in [1.54, 1.807) is 0 Å². The van der Waals surface area contributed by atoms with Crippen LogP contribution in [0, 0.1) is 13.8 Å². The number of fused-ring (bicyclic) bond motifs is 3. The molecular formula is C16H17N3O2. The van der Waals surface area contributed by atoms with Gasteiger partial charge in [0.25, 0.3) is 0 Å².